The number of rotatable bonds is 0. The molecule has 1 aromatic carbocycles. The van der Waals surface area contributed by atoms with Gasteiger partial charge in [-0.05, 0) is 41.7 Å². The largest absolute Gasteiger partial charge is 0.349 e. The van der Waals surface area contributed by atoms with Crippen LogP contribution in [0.25, 0.3) is 0 Å². The van der Waals surface area contributed by atoms with Gasteiger partial charge in [-0.1, -0.05) is 30.7 Å². The van der Waals surface area contributed by atoms with E-state index in [1.54, 1.807) is 0 Å². The van der Waals surface area contributed by atoms with E-state index in [0.29, 0.717) is 17.4 Å². The first kappa shape index (κ1) is 9.69. The fourth-order valence-electron chi connectivity index (χ4n) is 4.17. The summed E-state index contributed by atoms with van der Waals surface area (Å²) >= 11 is 0. The lowest BCUT2D eigenvalue weighted by atomic mass is 9.55. The number of hydrogen-bond acceptors (Lipinski definition) is 1. The van der Waals surface area contributed by atoms with Gasteiger partial charge in [0.1, 0.15) is 0 Å². The molecule has 0 radical (unpaired) electrons. The maximum Gasteiger partial charge on any atom is 0.220 e. The highest BCUT2D eigenvalue weighted by atomic mass is 16.2. The Balaban J connectivity index is 1.87. The topological polar surface area (TPSA) is 29.1 Å². The molecule has 1 heterocycles. The summed E-state index contributed by atoms with van der Waals surface area (Å²) in [7, 11) is 0. The zero-order chi connectivity index (χ0) is 11.5. The highest BCUT2D eigenvalue weighted by Crippen LogP contribution is 2.56. The van der Waals surface area contributed by atoms with Crippen molar-refractivity contribution >= 4 is 5.91 Å². The van der Waals surface area contributed by atoms with E-state index in [1.807, 2.05) is 0 Å². The zero-order valence-corrected chi connectivity index (χ0v) is 9.91. The summed E-state index contributed by atoms with van der Waals surface area (Å²) in [4.78, 5) is 11.6. The third-order valence-electron chi connectivity index (χ3n) is 5.07. The number of hydrogen-bond donors (Lipinski definition) is 1. The third kappa shape index (κ3) is 1.18. The molecule has 3 aliphatic rings. The Morgan fingerprint density at radius 3 is 2.82 bits per heavy atom. The van der Waals surface area contributed by atoms with Crippen LogP contribution in [0.2, 0.25) is 0 Å². The molecule has 2 atom stereocenters. The zero-order valence-electron chi connectivity index (χ0n) is 9.91. The number of fused-ring (bicyclic) bond motifs is 4. The van der Waals surface area contributed by atoms with Crippen LogP contribution < -0.4 is 5.32 Å². The molecule has 17 heavy (non-hydrogen) atoms. The van der Waals surface area contributed by atoms with Crippen molar-refractivity contribution in [2.45, 2.75) is 43.6 Å². The average molecular weight is 227 g/mol. The van der Waals surface area contributed by atoms with E-state index in [9.17, 15) is 4.79 Å². The van der Waals surface area contributed by atoms with Gasteiger partial charge in [0.25, 0.3) is 0 Å². The number of benzene rings is 1. The molecular formula is C15H17NO. The van der Waals surface area contributed by atoms with Crippen LogP contribution in [0.1, 0.15) is 49.3 Å². The molecular weight excluding hydrogens is 210 g/mol. The highest BCUT2D eigenvalue weighted by Gasteiger charge is 2.50. The number of carbonyl (C=O) groups is 1. The minimum atomic E-state index is 0.242. The van der Waals surface area contributed by atoms with E-state index in [-0.39, 0.29) is 5.91 Å². The Morgan fingerprint density at radius 1 is 1.24 bits per heavy atom. The summed E-state index contributed by atoms with van der Waals surface area (Å²) < 4.78 is 0. The van der Waals surface area contributed by atoms with Crippen molar-refractivity contribution in [2.24, 2.45) is 5.92 Å². The molecule has 1 N–H and O–H groups in total. The molecule has 1 spiro atoms. The number of nitrogens with one attached hydrogen (secondary N) is 1. The molecule has 2 heteroatoms. The lowest BCUT2D eigenvalue weighted by Crippen LogP contribution is -2.42. The lowest BCUT2D eigenvalue weighted by molar-refractivity contribution is -0.119. The van der Waals surface area contributed by atoms with Gasteiger partial charge in [0.15, 0.2) is 0 Å². The second kappa shape index (κ2) is 3.12. The van der Waals surface area contributed by atoms with Gasteiger partial charge in [-0.15, -0.1) is 0 Å². The minimum absolute atomic E-state index is 0.242. The predicted octanol–water partition coefficient (Wildman–Crippen LogP) is 2.69. The first-order valence-corrected chi connectivity index (χ1v) is 6.67. The van der Waals surface area contributed by atoms with Gasteiger partial charge in [-0.2, -0.15) is 0 Å². The maximum absolute atomic E-state index is 11.6. The Kier molecular flexibility index (Phi) is 1.78. The first-order chi connectivity index (χ1) is 8.28. The fraction of sp³-hybridized carbons (Fsp3) is 0.533. The molecule has 1 saturated heterocycles. The van der Waals surface area contributed by atoms with Crippen molar-refractivity contribution in [3.63, 3.8) is 0 Å². The van der Waals surface area contributed by atoms with Crippen LogP contribution in [0.15, 0.2) is 24.3 Å². The van der Waals surface area contributed by atoms with Crippen LogP contribution in [0.5, 0.6) is 0 Å². The molecule has 2 fully saturated rings. The third-order valence-corrected chi connectivity index (χ3v) is 5.07. The normalized spacial score (nSPS) is 32.6. The van der Waals surface area contributed by atoms with Gasteiger partial charge in [-0.3, -0.25) is 4.79 Å². The minimum Gasteiger partial charge on any atom is -0.349 e. The molecule has 0 bridgehead atoms. The molecule has 1 aliphatic heterocycles. The summed E-state index contributed by atoms with van der Waals surface area (Å²) in [6.07, 6.45) is 5.95. The summed E-state index contributed by atoms with van der Waals surface area (Å²) in [5.41, 5.74) is 3.34. The fourth-order valence-corrected chi connectivity index (χ4v) is 4.17. The van der Waals surface area contributed by atoms with Crippen molar-refractivity contribution in [3.8, 4) is 0 Å². The standard InChI is InChI=1S/C15H17NO/c17-13-8-10-9-15(6-3-7-15)12-5-2-1-4-11(12)14(10)16-13/h1-2,4-5,10,14H,3,6-9H2,(H,16,17)/t10-,14-/m0/s1. The van der Waals surface area contributed by atoms with Crippen molar-refractivity contribution in [2.75, 3.05) is 0 Å². The molecule has 2 aliphatic carbocycles. The van der Waals surface area contributed by atoms with Crippen LogP contribution in [0.4, 0.5) is 0 Å². The summed E-state index contributed by atoms with van der Waals surface area (Å²) in [5.74, 6) is 0.781. The van der Waals surface area contributed by atoms with Crippen molar-refractivity contribution in [3.05, 3.63) is 35.4 Å². The summed E-state index contributed by atoms with van der Waals surface area (Å²) in [5, 5.41) is 3.16. The second-order valence-corrected chi connectivity index (χ2v) is 5.93. The molecule has 0 aromatic heterocycles. The monoisotopic (exact) mass is 227 g/mol. The van der Waals surface area contributed by atoms with E-state index in [4.69, 9.17) is 0 Å². The van der Waals surface area contributed by atoms with E-state index in [1.165, 1.54) is 36.8 Å². The van der Waals surface area contributed by atoms with Crippen molar-refractivity contribution < 1.29 is 4.79 Å². The van der Waals surface area contributed by atoms with E-state index >= 15 is 0 Å². The van der Waals surface area contributed by atoms with Crippen LogP contribution >= 0.6 is 0 Å². The van der Waals surface area contributed by atoms with E-state index in [2.05, 4.69) is 29.6 Å². The van der Waals surface area contributed by atoms with Gasteiger partial charge in [0, 0.05) is 6.42 Å². The number of amides is 1. The SMILES string of the molecule is O=C1C[C@H]2CC3(CCC3)c3ccccc3[C@H]2N1. The molecule has 1 amide bonds. The predicted molar refractivity (Wildman–Crippen MR) is 65.6 cm³/mol. The van der Waals surface area contributed by atoms with Crippen LogP contribution in [-0.4, -0.2) is 5.91 Å². The molecule has 88 valence electrons. The molecule has 0 unspecified atom stereocenters. The van der Waals surface area contributed by atoms with Crippen molar-refractivity contribution in [1.82, 2.24) is 5.32 Å². The highest BCUT2D eigenvalue weighted by molar-refractivity contribution is 5.80. The molecule has 2 nitrogen and oxygen atoms in total. The van der Waals surface area contributed by atoms with Gasteiger partial charge in [-0.25, -0.2) is 0 Å². The van der Waals surface area contributed by atoms with E-state index in [0.717, 1.165) is 6.42 Å². The van der Waals surface area contributed by atoms with Gasteiger partial charge < -0.3 is 5.32 Å². The Bertz CT molecular complexity index is 489. The van der Waals surface area contributed by atoms with Gasteiger partial charge in [0.05, 0.1) is 6.04 Å². The number of carbonyl (C=O) groups excluding carboxylic acids is 1. The van der Waals surface area contributed by atoms with Gasteiger partial charge in [0.2, 0.25) is 5.91 Å². The quantitative estimate of drug-likeness (QED) is 0.725. The van der Waals surface area contributed by atoms with Crippen LogP contribution in [0.3, 0.4) is 0 Å². The maximum atomic E-state index is 11.6. The lowest BCUT2D eigenvalue weighted by Gasteiger charge is -2.49. The summed E-state index contributed by atoms with van der Waals surface area (Å²) in [6, 6.07) is 9.06. The molecule has 4 rings (SSSR count). The molecule has 1 aromatic rings. The van der Waals surface area contributed by atoms with Gasteiger partial charge >= 0.3 is 0 Å². The smallest absolute Gasteiger partial charge is 0.220 e. The van der Waals surface area contributed by atoms with Crippen molar-refractivity contribution in [1.29, 1.82) is 0 Å². The first-order valence-electron chi connectivity index (χ1n) is 6.67. The Labute approximate surface area is 101 Å². The Hall–Kier alpha value is -1.31. The Morgan fingerprint density at radius 2 is 2.06 bits per heavy atom. The summed E-state index contributed by atoms with van der Waals surface area (Å²) in [6.45, 7) is 0. The average Bonchev–Trinajstić information content (AvgIpc) is 2.66. The second-order valence-electron chi connectivity index (χ2n) is 5.93. The van der Waals surface area contributed by atoms with Crippen LogP contribution in [0, 0.1) is 5.92 Å². The van der Waals surface area contributed by atoms with Crippen LogP contribution in [-0.2, 0) is 10.2 Å². The molecule has 1 saturated carbocycles. The van der Waals surface area contributed by atoms with E-state index < -0.39 is 0 Å².